The molecule has 1 saturated carbocycles. The van der Waals surface area contributed by atoms with Crippen LogP contribution < -0.4 is 0 Å². The van der Waals surface area contributed by atoms with Gasteiger partial charge in [0.05, 0.1) is 11.8 Å². The Labute approximate surface area is 122 Å². The number of rotatable bonds is 5. The molecule has 20 heavy (non-hydrogen) atoms. The molecule has 0 unspecified atom stereocenters. The molecular formula is C15H25NO3S. The fourth-order valence-electron chi connectivity index (χ4n) is 2.66. The van der Waals surface area contributed by atoms with Gasteiger partial charge in [-0.05, 0) is 33.6 Å². The highest BCUT2D eigenvalue weighted by molar-refractivity contribution is 7.93. The van der Waals surface area contributed by atoms with Crippen LogP contribution in [0.5, 0.6) is 0 Å². The Kier molecular flexibility index (Phi) is 6.07. The van der Waals surface area contributed by atoms with Crippen molar-refractivity contribution in [1.29, 1.82) is 0 Å². The molecule has 0 aromatic rings. The Morgan fingerprint density at radius 2 is 1.80 bits per heavy atom. The number of carbonyl (C=O) groups is 1. The molecule has 4 nitrogen and oxygen atoms in total. The van der Waals surface area contributed by atoms with E-state index in [0.717, 1.165) is 25.7 Å². The summed E-state index contributed by atoms with van der Waals surface area (Å²) in [6.07, 6.45) is 10.5. The van der Waals surface area contributed by atoms with Crippen LogP contribution in [0.25, 0.3) is 0 Å². The maximum absolute atomic E-state index is 12.5. The first kappa shape index (κ1) is 17.0. The number of sulfone groups is 1. The van der Waals surface area contributed by atoms with E-state index in [2.05, 4.69) is 5.92 Å². The predicted octanol–water partition coefficient (Wildman–Crippen LogP) is 1.99. The zero-order valence-electron chi connectivity index (χ0n) is 12.6. The lowest BCUT2D eigenvalue weighted by atomic mass is 9.94. The molecule has 0 aromatic carbocycles. The van der Waals surface area contributed by atoms with E-state index in [4.69, 9.17) is 6.42 Å². The standard InChI is InChI=1S/C15H25NO3S/c1-5-11-16(14-9-7-6-8-10-14)15(17)13(4)20(18,19)12(2)3/h1,12-14H,6-11H2,2-4H3/t13-/m0/s1. The third kappa shape index (κ3) is 3.76. The summed E-state index contributed by atoms with van der Waals surface area (Å²) in [5.41, 5.74) is 0. The minimum atomic E-state index is -3.44. The zero-order valence-corrected chi connectivity index (χ0v) is 13.4. The molecule has 1 aliphatic rings. The summed E-state index contributed by atoms with van der Waals surface area (Å²) < 4.78 is 24.3. The van der Waals surface area contributed by atoms with Gasteiger partial charge in [-0.3, -0.25) is 4.79 Å². The minimum absolute atomic E-state index is 0.0945. The van der Waals surface area contributed by atoms with E-state index in [0.29, 0.717) is 0 Å². The summed E-state index contributed by atoms with van der Waals surface area (Å²) >= 11 is 0. The molecule has 0 aliphatic heterocycles. The number of amides is 1. The third-order valence-electron chi connectivity index (χ3n) is 4.06. The van der Waals surface area contributed by atoms with Crippen molar-refractivity contribution in [2.45, 2.75) is 69.4 Å². The topological polar surface area (TPSA) is 54.5 Å². The second-order valence-electron chi connectivity index (χ2n) is 5.74. The SMILES string of the molecule is C#CCN(C(=O)[C@H](C)S(=O)(=O)C(C)C)C1CCCCC1. The van der Waals surface area contributed by atoms with Gasteiger partial charge in [0, 0.05) is 6.04 Å². The van der Waals surface area contributed by atoms with Crippen molar-refractivity contribution in [3.63, 3.8) is 0 Å². The van der Waals surface area contributed by atoms with Gasteiger partial charge in [-0.25, -0.2) is 8.42 Å². The van der Waals surface area contributed by atoms with Crippen LogP contribution in [0.2, 0.25) is 0 Å². The van der Waals surface area contributed by atoms with Crippen LogP contribution in [-0.2, 0) is 14.6 Å². The lowest BCUT2D eigenvalue weighted by Crippen LogP contribution is -2.49. The van der Waals surface area contributed by atoms with Crippen molar-refractivity contribution in [2.75, 3.05) is 6.54 Å². The Balaban J connectivity index is 2.91. The molecule has 114 valence electrons. The Morgan fingerprint density at radius 1 is 1.25 bits per heavy atom. The quantitative estimate of drug-likeness (QED) is 0.730. The fraction of sp³-hybridized carbons (Fsp3) is 0.800. The maximum atomic E-state index is 12.5. The summed E-state index contributed by atoms with van der Waals surface area (Å²) in [7, 11) is -3.44. The molecule has 0 radical (unpaired) electrons. The van der Waals surface area contributed by atoms with Crippen LogP contribution in [0, 0.1) is 12.3 Å². The molecule has 0 N–H and O–H groups in total. The number of hydrogen-bond donors (Lipinski definition) is 0. The van der Waals surface area contributed by atoms with Gasteiger partial charge < -0.3 is 4.90 Å². The van der Waals surface area contributed by atoms with Crippen LogP contribution in [0.1, 0.15) is 52.9 Å². The predicted molar refractivity (Wildman–Crippen MR) is 80.9 cm³/mol. The third-order valence-corrected chi connectivity index (χ3v) is 6.56. The van der Waals surface area contributed by atoms with Crippen LogP contribution in [0.4, 0.5) is 0 Å². The monoisotopic (exact) mass is 299 g/mol. The number of terminal acetylenes is 1. The first-order valence-electron chi connectivity index (χ1n) is 7.29. The highest BCUT2D eigenvalue weighted by Crippen LogP contribution is 2.24. The Morgan fingerprint density at radius 3 is 2.25 bits per heavy atom. The van der Waals surface area contributed by atoms with Gasteiger partial charge in [0.25, 0.3) is 0 Å². The molecule has 5 heteroatoms. The van der Waals surface area contributed by atoms with Crippen LogP contribution in [0.3, 0.4) is 0 Å². The van der Waals surface area contributed by atoms with Gasteiger partial charge in [-0.1, -0.05) is 25.2 Å². The average molecular weight is 299 g/mol. The molecule has 1 rings (SSSR count). The molecule has 0 aromatic heterocycles. The number of nitrogens with zero attached hydrogens (tertiary/aromatic N) is 1. The van der Waals surface area contributed by atoms with Crippen molar-refractivity contribution in [1.82, 2.24) is 4.90 Å². The number of carbonyl (C=O) groups excluding carboxylic acids is 1. The second-order valence-corrected chi connectivity index (χ2v) is 8.57. The first-order chi connectivity index (χ1) is 9.32. The van der Waals surface area contributed by atoms with Gasteiger partial charge >= 0.3 is 0 Å². The minimum Gasteiger partial charge on any atom is -0.327 e. The average Bonchev–Trinajstić information content (AvgIpc) is 2.44. The highest BCUT2D eigenvalue weighted by Gasteiger charge is 2.36. The molecule has 0 saturated heterocycles. The van der Waals surface area contributed by atoms with E-state index in [1.807, 2.05) is 0 Å². The molecule has 0 heterocycles. The van der Waals surface area contributed by atoms with E-state index in [-0.39, 0.29) is 18.5 Å². The molecule has 0 spiro atoms. The van der Waals surface area contributed by atoms with E-state index < -0.39 is 20.3 Å². The smallest absolute Gasteiger partial charge is 0.241 e. The van der Waals surface area contributed by atoms with Gasteiger partial charge in [0.15, 0.2) is 9.84 Å². The molecule has 1 amide bonds. The van der Waals surface area contributed by atoms with Crippen LogP contribution in [0.15, 0.2) is 0 Å². The van der Waals surface area contributed by atoms with Gasteiger partial charge in [0.2, 0.25) is 5.91 Å². The van der Waals surface area contributed by atoms with Crippen molar-refractivity contribution in [3.05, 3.63) is 0 Å². The number of hydrogen-bond acceptors (Lipinski definition) is 3. The zero-order chi connectivity index (χ0) is 15.3. The van der Waals surface area contributed by atoms with Crippen LogP contribution in [-0.4, -0.2) is 42.3 Å². The van der Waals surface area contributed by atoms with Crippen LogP contribution >= 0.6 is 0 Å². The van der Waals surface area contributed by atoms with E-state index in [1.54, 1.807) is 18.7 Å². The van der Waals surface area contributed by atoms with E-state index >= 15 is 0 Å². The lowest BCUT2D eigenvalue weighted by molar-refractivity contribution is -0.132. The second kappa shape index (κ2) is 7.12. The molecule has 1 fully saturated rings. The Bertz CT molecular complexity index is 470. The summed E-state index contributed by atoms with van der Waals surface area (Å²) in [5, 5.41) is -1.57. The molecule has 0 bridgehead atoms. The maximum Gasteiger partial charge on any atom is 0.241 e. The van der Waals surface area contributed by atoms with Gasteiger partial charge in [-0.2, -0.15) is 0 Å². The molecule has 1 aliphatic carbocycles. The summed E-state index contributed by atoms with van der Waals surface area (Å²) in [6.45, 7) is 4.88. The van der Waals surface area contributed by atoms with Crippen molar-refractivity contribution in [2.24, 2.45) is 0 Å². The molecule has 1 atom stereocenters. The lowest BCUT2D eigenvalue weighted by Gasteiger charge is -2.34. The van der Waals surface area contributed by atoms with E-state index in [9.17, 15) is 13.2 Å². The van der Waals surface area contributed by atoms with Gasteiger partial charge in [0.1, 0.15) is 5.25 Å². The first-order valence-corrected chi connectivity index (χ1v) is 8.90. The van der Waals surface area contributed by atoms with Crippen molar-refractivity contribution >= 4 is 15.7 Å². The summed E-state index contributed by atoms with van der Waals surface area (Å²) in [4.78, 5) is 14.1. The van der Waals surface area contributed by atoms with E-state index in [1.165, 1.54) is 13.3 Å². The summed E-state index contributed by atoms with van der Waals surface area (Å²) in [5.74, 6) is 2.15. The summed E-state index contributed by atoms with van der Waals surface area (Å²) in [6, 6.07) is 0.0945. The largest absolute Gasteiger partial charge is 0.327 e. The molecular weight excluding hydrogens is 274 g/mol. The van der Waals surface area contributed by atoms with Gasteiger partial charge in [-0.15, -0.1) is 6.42 Å². The normalized spacial score (nSPS) is 18.6. The van der Waals surface area contributed by atoms with Crippen molar-refractivity contribution < 1.29 is 13.2 Å². The fourth-order valence-corrected chi connectivity index (χ4v) is 3.89. The Hall–Kier alpha value is -1.02. The highest BCUT2D eigenvalue weighted by atomic mass is 32.2. The van der Waals surface area contributed by atoms with Crippen molar-refractivity contribution in [3.8, 4) is 12.3 Å².